The van der Waals surface area contributed by atoms with E-state index < -0.39 is 0 Å². The van der Waals surface area contributed by atoms with Gasteiger partial charge < -0.3 is 5.73 Å². The number of hydrogen-bond acceptors (Lipinski definition) is 2. The quantitative estimate of drug-likeness (QED) is 0.744. The molecular weight excluding hydrogens is 220 g/mol. The van der Waals surface area contributed by atoms with Crippen LogP contribution in [0.3, 0.4) is 0 Å². The molecule has 2 nitrogen and oxygen atoms in total. The van der Waals surface area contributed by atoms with Gasteiger partial charge in [-0.05, 0) is 36.5 Å². The normalized spacial score (nSPS) is 15.6. The monoisotopic (exact) mass is 246 g/mol. The van der Waals surface area contributed by atoms with Gasteiger partial charge in [0.2, 0.25) is 0 Å². The smallest absolute Gasteiger partial charge is 0.0317 e. The third kappa shape index (κ3) is 3.74. The SMILES string of the molecule is CCC(CC)CN(Cc1cccc(N)c1)C1CC1. The van der Waals surface area contributed by atoms with E-state index in [9.17, 15) is 0 Å². The van der Waals surface area contributed by atoms with Gasteiger partial charge in [-0.15, -0.1) is 0 Å². The van der Waals surface area contributed by atoms with Crippen molar-refractivity contribution in [2.75, 3.05) is 12.3 Å². The van der Waals surface area contributed by atoms with E-state index in [0.717, 1.165) is 24.2 Å². The Morgan fingerprint density at radius 1 is 1.28 bits per heavy atom. The Morgan fingerprint density at radius 2 is 2.00 bits per heavy atom. The van der Waals surface area contributed by atoms with Crippen molar-refractivity contribution in [3.05, 3.63) is 29.8 Å². The molecule has 1 fully saturated rings. The second-order valence-corrected chi connectivity index (χ2v) is 5.59. The van der Waals surface area contributed by atoms with Crippen molar-refractivity contribution in [3.8, 4) is 0 Å². The number of nitrogens with zero attached hydrogens (tertiary/aromatic N) is 1. The van der Waals surface area contributed by atoms with Gasteiger partial charge in [0.25, 0.3) is 0 Å². The van der Waals surface area contributed by atoms with Crippen LogP contribution in [0.5, 0.6) is 0 Å². The van der Waals surface area contributed by atoms with Crippen LogP contribution in [0.4, 0.5) is 5.69 Å². The van der Waals surface area contributed by atoms with Crippen molar-refractivity contribution in [1.29, 1.82) is 0 Å². The second-order valence-electron chi connectivity index (χ2n) is 5.59. The topological polar surface area (TPSA) is 29.3 Å². The fourth-order valence-corrected chi connectivity index (χ4v) is 2.59. The minimum atomic E-state index is 0.826. The lowest BCUT2D eigenvalue weighted by Gasteiger charge is -2.26. The summed E-state index contributed by atoms with van der Waals surface area (Å²) < 4.78 is 0. The summed E-state index contributed by atoms with van der Waals surface area (Å²) in [5.74, 6) is 0.839. The largest absolute Gasteiger partial charge is 0.399 e. The maximum absolute atomic E-state index is 5.86. The van der Waals surface area contributed by atoms with Gasteiger partial charge in [0.15, 0.2) is 0 Å². The van der Waals surface area contributed by atoms with E-state index in [1.54, 1.807) is 0 Å². The lowest BCUT2D eigenvalue weighted by atomic mass is 10.0. The number of nitrogens with two attached hydrogens (primary N) is 1. The molecule has 0 amide bonds. The summed E-state index contributed by atoms with van der Waals surface area (Å²) in [4.78, 5) is 2.66. The van der Waals surface area contributed by atoms with Crippen molar-refractivity contribution in [2.45, 2.75) is 52.1 Å². The fraction of sp³-hybridized carbons (Fsp3) is 0.625. The molecule has 0 heterocycles. The molecule has 100 valence electrons. The number of anilines is 1. The van der Waals surface area contributed by atoms with Gasteiger partial charge in [0, 0.05) is 24.8 Å². The zero-order valence-electron chi connectivity index (χ0n) is 11.7. The maximum atomic E-state index is 5.86. The van der Waals surface area contributed by atoms with E-state index in [0.29, 0.717) is 0 Å². The molecule has 0 aromatic heterocycles. The Kier molecular flexibility index (Phi) is 4.65. The van der Waals surface area contributed by atoms with Crippen molar-refractivity contribution in [1.82, 2.24) is 4.90 Å². The minimum Gasteiger partial charge on any atom is -0.399 e. The Morgan fingerprint density at radius 3 is 2.56 bits per heavy atom. The van der Waals surface area contributed by atoms with Gasteiger partial charge in [-0.3, -0.25) is 4.90 Å². The van der Waals surface area contributed by atoms with Gasteiger partial charge in [-0.1, -0.05) is 38.8 Å². The van der Waals surface area contributed by atoms with Crippen LogP contribution < -0.4 is 5.73 Å². The van der Waals surface area contributed by atoms with Crippen molar-refractivity contribution in [2.24, 2.45) is 5.92 Å². The highest BCUT2D eigenvalue weighted by Crippen LogP contribution is 2.30. The first-order valence-electron chi connectivity index (χ1n) is 7.31. The molecule has 0 atom stereocenters. The molecule has 18 heavy (non-hydrogen) atoms. The van der Waals surface area contributed by atoms with Gasteiger partial charge in [0.1, 0.15) is 0 Å². The zero-order valence-corrected chi connectivity index (χ0v) is 11.7. The maximum Gasteiger partial charge on any atom is 0.0317 e. The molecule has 2 heteroatoms. The predicted molar refractivity (Wildman–Crippen MR) is 78.4 cm³/mol. The molecule has 2 N–H and O–H groups in total. The van der Waals surface area contributed by atoms with E-state index in [4.69, 9.17) is 5.73 Å². The molecule has 0 unspecified atom stereocenters. The van der Waals surface area contributed by atoms with Crippen LogP contribution in [0.1, 0.15) is 45.1 Å². The highest BCUT2D eigenvalue weighted by atomic mass is 15.2. The van der Waals surface area contributed by atoms with E-state index in [2.05, 4.69) is 36.9 Å². The summed E-state index contributed by atoms with van der Waals surface area (Å²) in [5, 5.41) is 0. The molecule has 0 spiro atoms. The Hall–Kier alpha value is -1.02. The van der Waals surface area contributed by atoms with Crippen LogP contribution in [0, 0.1) is 5.92 Å². The van der Waals surface area contributed by atoms with Crippen LogP contribution in [0.25, 0.3) is 0 Å². The average molecular weight is 246 g/mol. The van der Waals surface area contributed by atoms with Crippen LogP contribution in [0.15, 0.2) is 24.3 Å². The molecule has 1 aliphatic carbocycles. The van der Waals surface area contributed by atoms with E-state index in [1.165, 1.54) is 37.8 Å². The highest BCUT2D eigenvalue weighted by Gasteiger charge is 2.29. The predicted octanol–water partition coefficient (Wildman–Crippen LogP) is 3.67. The first kappa shape index (κ1) is 13.4. The lowest BCUT2D eigenvalue weighted by Crippen LogP contribution is -2.31. The van der Waals surface area contributed by atoms with Crippen molar-refractivity contribution < 1.29 is 0 Å². The summed E-state index contributed by atoms with van der Waals surface area (Å²) in [5.41, 5.74) is 8.10. The molecule has 1 aliphatic rings. The molecule has 0 aliphatic heterocycles. The van der Waals surface area contributed by atoms with E-state index >= 15 is 0 Å². The van der Waals surface area contributed by atoms with Gasteiger partial charge in [0.05, 0.1) is 0 Å². The molecule has 0 bridgehead atoms. The highest BCUT2D eigenvalue weighted by molar-refractivity contribution is 5.40. The summed E-state index contributed by atoms with van der Waals surface area (Å²) in [6.07, 6.45) is 5.33. The molecule has 0 radical (unpaired) electrons. The van der Waals surface area contributed by atoms with Crippen LogP contribution in [-0.4, -0.2) is 17.5 Å². The second kappa shape index (κ2) is 6.24. The van der Waals surface area contributed by atoms with Crippen LogP contribution in [-0.2, 0) is 6.54 Å². The molecule has 0 saturated heterocycles. The van der Waals surface area contributed by atoms with Crippen LogP contribution in [0.2, 0.25) is 0 Å². The van der Waals surface area contributed by atoms with E-state index in [1.807, 2.05) is 6.07 Å². The summed E-state index contributed by atoms with van der Waals surface area (Å²) in [6, 6.07) is 9.16. The Bertz CT molecular complexity index is 367. The lowest BCUT2D eigenvalue weighted by molar-refractivity contribution is 0.206. The third-order valence-corrected chi connectivity index (χ3v) is 4.05. The van der Waals surface area contributed by atoms with Crippen LogP contribution >= 0.6 is 0 Å². The van der Waals surface area contributed by atoms with Gasteiger partial charge in [-0.25, -0.2) is 0 Å². The number of nitrogen functional groups attached to an aromatic ring is 1. The van der Waals surface area contributed by atoms with Gasteiger partial charge in [-0.2, -0.15) is 0 Å². The molecule has 1 aromatic rings. The Labute approximate surface area is 111 Å². The number of rotatable bonds is 7. The Balaban J connectivity index is 1.98. The van der Waals surface area contributed by atoms with Gasteiger partial charge >= 0.3 is 0 Å². The standard InChI is InChI=1S/C16H26N2/c1-3-13(4-2)11-18(16-8-9-16)12-14-6-5-7-15(17)10-14/h5-7,10,13,16H,3-4,8-9,11-12,17H2,1-2H3. The molecule has 2 rings (SSSR count). The van der Waals surface area contributed by atoms with Crippen molar-refractivity contribution in [3.63, 3.8) is 0 Å². The third-order valence-electron chi connectivity index (χ3n) is 4.05. The number of benzene rings is 1. The fourth-order valence-electron chi connectivity index (χ4n) is 2.59. The first-order chi connectivity index (χ1) is 8.72. The van der Waals surface area contributed by atoms with E-state index in [-0.39, 0.29) is 0 Å². The number of hydrogen-bond donors (Lipinski definition) is 1. The minimum absolute atomic E-state index is 0.826. The summed E-state index contributed by atoms with van der Waals surface area (Å²) in [7, 11) is 0. The summed E-state index contributed by atoms with van der Waals surface area (Å²) in [6.45, 7) is 6.91. The zero-order chi connectivity index (χ0) is 13.0. The molecule has 1 aromatic carbocycles. The summed E-state index contributed by atoms with van der Waals surface area (Å²) >= 11 is 0. The molecular formula is C16H26N2. The van der Waals surface area contributed by atoms with Crippen molar-refractivity contribution >= 4 is 5.69 Å². The average Bonchev–Trinajstić information content (AvgIpc) is 3.18. The molecule has 1 saturated carbocycles. The first-order valence-corrected chi connectivity index (χ1v) is 7.31.